The number of nitrogens with zero attached hydrogens (tertiary/aromatic N) is 1. The molecule has 1 heterocycles. The van der Waals surface area contributed by atoms with E-state index in [2.05, 4.69) is 10.3 Å². The minimum absolute atomic E-state index is 0.558. The van der Waals surface area contributed by atoms with Gasteiger partial charge in [0, 0.05) is 30.5 Å². The van der Waals surface area contributed by atoms with E-state index in [0.29, 0.717) is 5.88 Å². The van der Waals surface area contributed by atoms with Crippen LogP contribution < -0.4 is 5.32 Å². The Morgan fingerprint density at radius 1 is 1.06 bits per heavy atom. The summed E-state index contributed by atoms with van der Waals surface area (Å²) in [5.74, 6) is 0.558. The van der Waals surface area contributed by atoms with E-state index in [1.807, 2.05) is 42.6 Å². The van der Waals surface area contributed by atoms with Crippen LogP contribution in [-0.2, 0) is 12.4 Å². The van der Waals surface area contributed by atoms with Crippen LogP contribution in [0.25, 0.3) is 0 Å². The molecule has 2 nitrogen and oxygen atoms in total. The lowest BCUT2D eigenvalue weighted by atomic mass is 10.2. The Morgan fingerprint density at radius 3 is 2.50 bits per heavy atom. The lowest BCUT2D eigenvalue weighted by molar-refractivity contribution is 1.11. The van der Waals surface area contributed by atoms with Crippen molar-refractivity contribution in [2.45, 2.75) is 12.4 Å². The lowest BCUT2D eigenvalue weighted by Crippen LogP contribution is -1.99. The molecule has 1 aromatic heterocycles. The number of nitrogens with one attached hydrogen (secondary N) is 1. The van der Waals surface area contributed by atoms with E-state index in [0.717, 1.165) is 17.8 Å². The van der Waals surface area contributed by atoms with Crippen LogP contribution in [0.5, 0.6) is 0 Å². The monoisotopic (exact) mass is 232 g/mol. The minimum Gasteiger partial charge on any atom is -0.381 e. The zero-order valence-electron chi connectivity index (χ0n) is 8.86. The maximum atomic E-state index is 5.72. The first-order valence-electron chi connectivity index (χ1n) is 5.16. The predicted octanol–water partition coefficient (Wildman–Crippen LogP) is 3.43. The number of aromatic nitrogens is 1. The van der Waals surface area contributed by atoms with Crippen LogP contribution in [0.15, 0.2) is 48.8 Å². The first-order chi connectivity index (χ1) is 7.88. The molecule has 0 fully saturated rings. The van der Waals surface area contributed by atoms with Crippen LogP contribution in [0.4, 0.5) is 5.69 Å². The molecule has 16 heavy (non-hydrogen) atoms. The van der Waals surface area contributed by atoms with E-state index in [-0.39, 0.29) is 0 Å². The van der Waals surface area contributed by atoms with Crippen molar-refractivity contribution < 1.29 is 0 Å². The van der Waals surface area contributed by atoms with E-state index in [9.17, 15) is 0 Å². The molecule has 1 aromatic carbocycles. The third-order valence-corrected chi connectivity index (χ3v) is 2.64. The average molecular weight is 233 g/mol. The number of hydrogen-bond acceptors (Lipinski definition) is 2. The number of pyridine rings is 1. The lowest BCUT2D eigenvalue weighted by Gasteiger charge is -2.06. The van der Waals surface area contributed by atoms with Crippen LogP contribution in [-0.4, -0.2) is 4.98 Å². The largest absolute Gasteiger partial charge is 0.381 e. The molecule has 0 bridgehead atoms. The van der Waals surface area contributed by atoms with Gasteiger partial charge in [-0.25, -0.2) is 0 Å². The van der Waals surface area contributed by atoms with Gasteiger partial charge in [0.25, 0.3) is 0 Å². The van der Waals surface area contributed by atoms with Crippen molar-refractivity contribution in [3.8, 4) is 0 Å². The number of benzene rings is 1. The molecular formula is C13H13ClN2. The molecule has 0 aliphatic rings. The first kappa shape index (κ1) is 11.0. The summed E-state index contributed by atoms with van der Waals surface area (Å²) in [5.41, 5.74) is 3.40. The van der Waals surface area contributed by atoms with Gasteiger partial charge in [-0.15, -0.1) is 11.6 Å². The van der Waals surface area contributed by atoms with E-state index in [1.54, 1.807) is 6.20 Å². The van der Waals surface area contributed by atoms with Crippen LogP contribution in [0.3, 0.4) is 0 Å². The summed E-state index contributed by atoms with van der Waals surface area (Å²) in [6, 6.07) is 12.1. The summed E-state index contributed by atoms with van der Waals surface area (Å²) in [4.78, 5) is 4.07. The average Bonchev–Trinajstić information content (AvgIpc) is 2.38. The Labute approximate surface area is 100 Å². The van der Waals surface area contributed by atoms with E-state index in [1.165, 1.54) is 5.56 Å². The molecule has 2 aromatic rings. The highest BCUT2D eigenvalue weighted by atomic mass is 35.5. The molecule has 0 saturated heterocycles. The summed E-state index contributed by atoms with van der Waals surface area (Å²) in [7, 11) is 0. The smallest absolute Gasteiger partial charge is 0.0474 e. The fourth-order valence-corrected chi connectivity index (χ4v) is 1.60. The zero-order chi connectivity index (χ0) is 11.2. The normalized spacial score (nSPS) is 10.1. The molecular weight excluding hydrogens is 220 g/mol. The second kappa shape index (κ2) is 5.52. The Balaban J connectivity index is 1.94. The molecule has 0 unspecified atom stereocenters. The second-order valence-corrected chi connectivity index (χ2v) is 3.81. The van der Waals surface area contributed by atoms with Crippen molar-refractivity contribution in [1.82, 2.24) is 4.98 Å². The van der Waals surface area contributed by atoms with Gasteiger partial charge in [-0.1, -0.05) is 18.2 Å². The van der Waals surface area contributed by atoms with Gasteiger partial charge in [-0.3, -0.25) is 4.98 Å². The fourth-order valence-electron chi connectivity index (χ4n) is 1.42. The zero-order valence-corrected chi connectivity index (χ0v) is 9.61. The number of anilines is 1. The Bertz CT molecular complexity index is 425. The molecule has 3 heteroatoms. The van der Waals surface area contributed by atoms with Crippen molar-refractivity contribution in [1.29, 1.82) is 0 Å². The topological polar surface area (TPSA) is 24.9 Å². The van der Waals surface area contributed by atoms with Crippen LogP contribution in [0, 0.1) is 0 Å². The van der Waals surface area contributed by atoms with Gasteiger partial charge in [-0.05, 0) is 29.3 Å². The Hall–Kier alpha value is -1.54. The van der Waals surface area contributed by atoms with Crippen LogP contribution in [0.1, 0.15) is 11.1 Å². The van der Waals surface area contributed by atoms with Crippen LogP contribution >= 0.6 is 11.6 Å². The maximum absolute atomic E-state index is 5.72. The quantitative estimate of drug-likeness (QED) is 0.817. The van der Waals surface area contributed by atoms with Gasteiger partial charge in [-0.2, -0.15) is 0 Å². The molecule has 0 spiro atoms. The van der Waals surface area contributed by atoms with Gasteiger partial charge in [0.1, 0.15) is 0 Å². The molecule has 0 aliphatic heterocycles. The molecule has 0 amide bonds. The van der Waals surface area contributed by atoms with Crippen LogP contribution in [0.2, 0.25) is 0 Å². The van der Waals surface area contributed by atoms with Gasteiger partial charge in [0.15, 0.2) is 0 Å². The van der Waals surface area contributed by atoms with Crippen molar-refractivity contribution >= 4 is 17.3 Å². The maximum Gasteiger partial charge on any atom is 0.0474 e. The third kappa shape index (κ3) is 2.97. The highest BCUT2D eigenvalue weighted by Crippen LogP contribution is 2.12. The number of hydrogen-bond donors (Lipinski definition) is 1. The number of alkyl halides is 1. The molecule has 82 valence electrons. The summed E-state index contributed by atoms with van der Waals surface area (Å²) >= 11 is 5.72. The number of rotatable bonds is 4. The highest BCUT2D eigenvalue weighted by molar-refractivity contribution is 6.17. The van der Waals surface area contributed by atoms with E-state index in [4.69, 9.17) is 11.6 Å². The van der Waals surface area contributed by atoms with E-state index < -0.39 is 0 Å². The Morgan fingerprint density at radius 2 is 1.88 bits per heavy atom. The third-order valence-electron chi connectivity index (χ3n) is 2.33. The summed E-state index contributed by atoms with van der Waals surface area (Å²) < 4.78 is 0. The van der Waals surface area contributed by atoms with Gasteiger partial charge < -0.3 is 5.32 Å². The molecule has 0 saturated carbocycles. The molecule has 2 rings (SSSR count). The van der Waals surface area contributed by atoms with Crippen molar-refractivity contribution in [2.75, 3.05) is 5.32 Å². The highest BCUT2D eigenvalue weighted by Gasteiger charge is 1.94. The number of halogens is 1. The molecule has 0 radical (unpaired) electrons. The molecule has 0 atom stereocenters. The predicted molar refractivity (Wildman–Crippen MR) is 67.6 cm³/mol. The first-order valence-corrected chi connectivity index (χ1v) is 5.69. The van der Waals surface area contributed by atoms with Gasteiger partial charge >= 0.3 is 0 Å². The van der Waals surface area contributed by atoms with Crippen molar-refractivity contribution in [3.63, 3.8) is 0 Å². The van der Waals surface area contributed by atoms with E-state index >= 15 is 0 Å². The fraction of sp³-hybridized carbons (Fsp3) is 0.154. The summed E-state index contributed by atoms with van der Waals surface area (Å²) in [6.07, 6.45) is 3.64. The Kier molecular flexibility index (Phi) is 3.78. The van der Waals surface area contributed by atoms with Gasteiger partial charge in [0.2, 0.25) is 0 Å². The summed E-state index contributed by atoms with van der Waals surface area (Å²) in [6.45, 7) is 0.786. The SMILES string of the molecule is ClCc1ccc(NCc2cccnc2)cc1. The molecule has 0 aliphatic carbocycles. The van der Waals surface area contributed by atoms with Gasteiger partial charge in [0.05, 0.1) is 0 Å². The summed E-state index contributed by atoms with van der Waals surface area (Å²) in [5, 5.41) is 3.33. The second-order valence-electron chi connectivity index (χ2n) is 3.55. The molecule has 1 N–H and O–H groups in total. The minimum atomic E-state index is 0.558. The standard InChI is InChI=1S/C13H13ClN2/c14-8-11-3-5-13(6-4-11)16-10-12-2-1-7-15-9-12/h1-7,9,16H,8,10H2. The van der Waals surface area contributed by atoms with Crippen molar-refractivity contribution in [3.05, 3.63) is 59.9 Å². The van der Waals surface area contributed by atoms with Crippen molar-refractivity contribution in [2.24, 2.45) is 0 Å².